The van der Waals surface area contributed by atoms with Gasteiger partial charge in [0.15, 0.2) is 11.5 Å². The highest BCUT2D eigenvalue weighted by Gasteiger charge is 1.98. The summed E-state index contributed by atoms with van der Waals surface area (Å²) >= 11 is 0. The summed E-state index contributed by atoms with van der Waals surface area (Å²) in [5, 5.41) is 9.05. The van der Waals surface area contributed by atoms with Crippen molar-refractivity contribution in [2.75, 3.05) is 7.11 Å². The number of ether oxygens (including phenoxy) is 1. The zero-order chi connectivity index (χ0) is 7.56. The van der Waals surface area contributed by atoms with Crippen LogP contribution in [0.5, 0.6) is 11.5 Å². The number of benzene rings is 1. The molecule has 0 unspecified atom stereocenters. The minimum Gasteiger partial charge on any atom is -0.504 e. The highest BCUT2D eigenvalue weighted by molar-refractivity contribution is 5.42. The van der Waals surface area contributed by atoms with Crippen molar-refractivity contribution >= 4 is 0 Å². The molecule has 0 fully saturated rings. The van der Waals surface area contributed by atoms with E-state index in [0.29, 0.717) is 11.3 Å². The van der Waals surface area contributed by atoms with Crippen molar-refractivity contribution in [3.05, 3.63) is 30.7 Å². The molecule has 10 heavy (non-hydrogen) atoms. The molecule has 0 heterocycles. The predicted molar refractivity (Wildman–Crippen MR) is 38.1 cm³/mol. The Labute approximate surface area is 60.1 Å². The molecule has 0 aliphatic heterocycles. The molecular weight excluding hydrogens is 128 g/mol. The molecule has 1 aromatic carbocycles. The summed E-state index contributed by atoms with van der Waals surface area (Å²) in [7, 11) is 1.48. The molecule has 1 rings (SSSR count). The molecule has 0 amide bonds. The number of hydrogen-bond donors (Lipinski definition) is 1. The van der Waals surface area contributed by atoms with E-state index in [0.717, 1.165) is 0 Å². The van der Waals surface area contributed by atoms with Crippen molar-refractivity contribution < 1.29 is 9.84 Å². The fraction of sp³-hybridized carbons (Fsp3) is 0.125. The van der Waals surface area contributed by atoms with Crippen LogP contribution >= 0.6 is 0 Å². The maximum absolute atomic E-state index is 9.05. The first-order valence-electron chi connectivity index (χ1n) is 2.86. The Morgan fingerprint density at radius 1 is 1.50 bits per heavy atom. The van der Waals surface area contributed by atoms with E-state index in [-0.39, 0.29) is 5.75 Å². The van der Waals surface area contributed by atoms with E-state index in [9.17, 15) is 0 Å². The van der Waals surface area contributed by atoms with E-state index in [2.05, 4.69) is 0 Å². The van der Waals surface area contributed by atoms with Crippen LogP contribution in [0.2, 0.25) is 0 Å². The quantitative estimate of drug-likeness (QED) is 0.633. The summed E-state index contributed by atoms with van der Waals surface area (Å²) in [4.78, 5) is 0. The third-order valence-corrected chi connectivity index (χ3v) is 1.20. The van der Waals surface area contributed by atoms with E-state index in [1.165, 1.54) is 13.2 Å². The van der Waals surface area contributed by atoms with Crippen LogP contribution < -0.4 is 4.74 Å². The van der Waals surface area contributed by atoms with E-state index >= 15 is 0 Å². The number of phenolic OH excluding ortho intramolecular Hbond substituents is 1. The molecule has 0 aliphatic carbocycles. The van der Waals surface area contributed by atoms with Gasteiger partial charge >= 0.3 is 0 Å². The van der Waals surface area contributed by atoms with Crippen LogP contribution in [-0.4, -0.2) is 12.2 Å². The zero-order valence-electron chi connectivity index (χ0n) is 5.66. The topological polar surface area (TPSA) is 29.5 Å². The Balaban J connectivity index is 3.09. The lowest BCUT2D eigenvalue weighted by Gasteiger charge is -2.02. The van der Waals surface area contributed by atoms with E-state index in [4.69, 9.17) is 16.8 Å². The summed E-state index contributed by atoms with van der Waals surface area (Å²) in [6, 6.07) is 4.67. The number of phenols is 1. The SMILES string of the molecule is [CH]c1ccc(O)c(OC)c1. The second-order valence-corrected chi connectivity index (χ2v) is 1.93. The Bertz CT molecular complexity index is 231. The normalized spacial score (nSPS) is 9.40. The molecule has 0 spiro atoms. The van der Waals surface area contributed by atoms with Gasteiger partial charge in [-0.15, -0.1) is 0 Å². The van der Waals surface area contributed by atoms with E-state index in [1.54, 1.807) is 12.1 Å². The van der Waals surface area contributed by atoms with Gasteiger partial charge in [-0.1, -0.05) is 6.07 Å². The van der Waals surface area contributed by atoms with Crippen LogP contribution in [0.4, 0.5) is 0 Å². The number of rotatable bonds is 1. The van der Waals surface area contributed by atoms with Gasteiger partial charge in [-0.2, -0.15) is 0 Å². The molecule has 0 bridgehead atoms. The first kappa shape index (κ1) is 6.93. The third-order valence-electron chi connectivity index (χ3n) is 1.20. The lowest BCUT2D eigenvalue weighted by atomic mass is 10.2. The second kappa shape index (κ2) is 2.60. The van der Waals surface area contributed by atoms with Gasteiger partial charge in [0.2, 0.25) is 0 Å². The molecule has 0 atom stereocenters. The van der Waals surface area contributed by atoms with Crippen LogP contribution in [0.3, 0.4) is 0 Å². The first-order valence-corrected chi connectivity index (χ1v) is 2.86. The Morgan fingerprint density at radius 3 is 2.70 bits per heavy atom. The lowest BCUT2D eigenvalue weighted by molar-refractivity contribution is 0.373. The summed E-state index contributed by atoms with van der Waals surface area (Å²) < 4.78 is 4.80. The largest absolute Gasteiger partial charge is 0.504 e. The van der Waals surface area contributed by atoms with Gasteiger partial charge in [0, 0.05) is 0 Å². The maximum atomic E-state index is 9.05. The van der Waals surface area contributed by atoms with Crippen LogP contribution in [0.15, 0.2) is 18.2 Å². The van der Waals surface area contributed by atoms with Crippen LogP contribution in [0.1, 0.15) is 5.56 Å². The highest BCUT2D eigenvalue weighted by atomic mass is 16.5. The van der Waals surface area contributed by atoms with Gasteiger partial charge in [0.1, 0.15) is 0 Å². The van der Waals surface area contributed by atoms with Crippen molar-refractivity contribution in [2.45, 2.75) is 0 Å². The predicted octanol–water partition coefficient (Wildman–Crippen LogP) is 1.46. The Morgan fingerprint density at radius 2 is 2.20 bits per heavy atom. The molecule has 0 saturated heterocycles. The lowest BCUT2D eigenvalue weighted by Crippen LogP contribution is -1.83. The average molecular weight is 136 g/mol. The van der Waals surface area contributed by atoms with Gasteiger partial charge in [-0.3, -0.25) is 0 Å². The minimum absolute atomic E-state index is 0.108. The van der Waals surface area contributed by atoms with Gasteiger partial charge in [0.05, 0.1) is 7.11 Å². The molecule has 1 N–H and O–H groups in total. The molecule has 0 aromatic heterocycles. The number of aromatic hydroxyl groups is 1. The van der Waals surface area contributed by atoms with Gasteiger partial charge < -0.3 is 9.84 Å². The average Bonchev–Trinajstić information content (AvgIpc) is 1.94. The van der Waals surface area contributed by atoms with Crippen LogP contribution in [0.25, 0.3) is 0 Å². The monoisotopic (exact) mass is 136 g/mol. The summed E-state index contributed by atoms with van der Waals surface area (Å²) in [6.07, 6.45) is 0. The van der Waals surface area contributed by atoms with E-state index in [1.807, 2.05) is 0 Å². The smallest absolute Gasteiger partial charge is 0.160 e. The summed E-state index contributed by atoms with van der Waals surface area (Å²) in [6.45, 7) is 5.41. The third kappa shape index (κ3) is 1.21. The van der Waals surface area contributed by atoms with Gasteiger partial charge in [0.25, 0.3) is 0 Å². The zero-order valence-corrected chi connectivity index (χ0v) is 5.66. The van der Waals surface area contributed by atoms with Crippen molar-refractivity contribution in [2.24, 2.45) is 0 Å². The van der Waals surface area contributed by atoms with Crippen molar-refractivity contribution in [3.63, 3.8) is 0 Å². The number of methoxy groups -OCH3 is 1. The molecule has 2 heteroatoms. The second-order valence-electron chi connectivity index (χ2n) is 1.93. The van der Waals surface area contributed by atoms with Crippen molar-refractivity contribution in [3.8, 4) is 11.5 Å². The summed E-state index contributed by atoms with van der Waals surface area (Å²) in [5.74, 6) is 0.511. The molecule has 0 aliphatic rings. The Hall–Kier alpha value is -1.18. The first-order chi connectivity index (χ1) is 4.74. The standard InChI is InChI=1S/C8H8O2/c1-6-3-4-7(9)8(5-6)10-2/h1,3-5,9H,2H3. The molecule has 2 radical (unpaired) electrons. The van der Waals surface area contributed by atoms with Gasteiger partial charge in [-0.05, 0) is 24.6 Å². The van der Waals surface area contributed by atoms with Crippen LogP contribution in [0, 0.1) is 6.92 Å². The fourth-order valence-electron chi connectivity index (χ4n) is 0.694. The van der Waals surface area contributed by atoms with Gasteiger partial charge in [-0.25, -0.2) is 0 Å². The summed E-state index contributed by atoms with van der Waals surface area (Å²) in [5.41, 5.74) is 0.578. The fourth-order valence-corrected chi connectivity index (χ4v) is 0.694. The van der Waals surface area contributed by atoms with E-state index < -0.39 is 0 Å². The van der Waals surface area contributed by atoms with Crippen molar-refractivity contribution in [1.29, 1.82) is 0 Å². The molecule has 0 saturated carbocycles. The molecule has 1 aromatic rings. The molecule has 2 nitrogen and oxygen atoms in total. The Kier molecular flexibility index (Phi) is 1.81. The highest BCUT2D eigenvalue weighted by Crippen LogP contribution is 2.25. The molecule has 52 valence electrons. The maximum Gasteiger partial charge on any atom is 0.160 e. The number of hydrogen-bond acceptors (Lipinski definition) is 2. The van der Waals surface area contributed by atoms with Crippen molar-refractivity contribution in [1.82, 2.24) is 0 Å². The molecular formula is C8H8O2. The van der Waals surface area contributed by atoms with Crippen LogP contribution in [-0.2, 0) is 0 Å². The minimum atomic E-state index is 0.108.